The molecule has 1 aliphatic rings. The number of benzene rings is 1. The van der Waals surface area contributed by atoms with Crippen LogP contribution in [-0.4, -0.2) is 39.3 Å². The van der Waals surface area contributed by atoms with Gasteiger partial charge in [0.25, 0.3) is 0 Å². The van der Waals surface area contributed by atoms with E-state index in [1.165, 1.54) is 0 Å². The number of fused-ring (bicyclic) bond motifs is 1. The molecule has 1 aliphatic heterocycles. The molecule has 0 atom stereocenters. The predicted octanol–water partition coefficient (Wildman–Crippen LogP) is 1.58. The summed E-state index contributed by atoms with van der Waals surface area (Å²) >= 11 is 0. The molecule has 0 bridgehead atoms. The Labute approximate surface area is 121 Å². The van der Waals surface area contributed by atoms with E-state index in [4.69, 9.17) is 14.6 Å². The highest BCUT2D eigenvalue weighted by atomic mass is 16.6. The summed E-state index contributed by atoms with van der Waals surface area (Å²) in [6, 6.07) is 5.67. The maximum atomic E-state index is 10.6. The molecular weight excluding hydrogens is 274 g/mol. The van der Waals surface area contributed by atoms with Gasteiger partial charge in [0.2, 0.25) is 0 Å². The molecule has 2 aromatic rings. The van der Waals surface area contributed by atoms with Gasteiger partial charge in [0, 0.05) is 18.5 Å². The Kier molecular flexibility index (Phi) is 3.72. The fourth-order valence-electron chi connectivity index (χ4n) is 2.23. The molecule has 1 N–H and O–H groups in total. The van der Waals surface area contributed by atoms with Gasteiger partial charge in [0.15, 0.2) is 11.5 Å². The first kappa shape index (κ1) is 13.4. The minimum absolute atomic E-state index is 0.112. The number of nitrogens with zero attached hydrogens (tertiary/aromatic N) is 3. The molecule has 2 heterocycles. The van der Waals surface area contributed by atoms with Gasteiger partial charge >= 0.3 is 5.97 Å². The SMILES string of the molecule is O=C(O)CCCn1nncc1-c1ccc2c(c1)OCCO2. The van der Waals surface area contributed by atoms with E-state index in [9.17, 15) is 4.79 Å². The number of carboxylic acid groups (broad SMARTS) is 1. The third-order valence-electron chi connectivity index (χ3n) is 3.22. The summed E-state index contributed by atoms with van der Waals surface area (Å²) in [5.74, 6) is 0.628. The predicted molar refractivity (Wildman–Crippen MR) is 73.3 cm³/mol. The molecule has 0 saturated carbocycles. The molecule has 7 nitrogen and oxygen atoms in total. The molecular formula is C14H15N3O4. The zero-order valence-electron chi connectivity index (χ0n) is 11.4. The Morgan fingerprint density at radius 2 is 2.10 bits per heavy atom. The van der Waals surface area contributed by atoms with Gasteiger partial charge in [0.05, 0.1) is 11.9 Å². The summed E-state index contributed by atoms with van der Waals surface area (Å²) in [5, 5.41) is 16.6. The van der Waals surface area contributed by atoms with Crippen LogP contribution in [0.5, 0.6) is 11.5 Å². The number of hydrogen-bond donors (Lipinski definition) is 1. The van der Waals surface area contributed by atoms with Gasteiger partial charge in [-0.3, -0.25) is 4.79 Å². The average Bonchev–Trinajstić information content (AvgIpc) is 2.95. The Morgan fingerprint density at radius 1 is 1.29 bits per heavy atom. The van der Waals surface area contributed by atoms with Crippen LogP contribution in [-0.2, 0) is 11.3 Å². The zero-order valence-corrected chi connectivity index (χ0v) is 11.4. The van der Waals surface area contributed by atoms with Crippen molar-refractivity contribution in [1.29, 1.82) is 0 Å². The van der Waals surface area contributed by atoms with Crippen molar-refractivity contribution in [3.8, 4) is 22.8 Å². The monoisotopic (exact) mass is 289 g/mol. The Morgan fingerprint density at radius 3 is 2.90 bits per heavy atom. The second-order valence-corrected chi connectivity index (χ2v) is 4.70. The van der Waals surface area contributed by atoms with Gasteiger partial charge in [-0.1, -0.05) is 5.21 Å². The molecule has 0 saturated heterocycles. The van der Waals surface area contributed by atoms with Gasteiger partial charge in [-0.05, 0) is 24.6 Å². The van der Waals surface area contributed by atoms with E-state index in [0.717, 1.165) is 17.0 Å². The van der Waals surface area contributed by atoms with Gasteiger partial charge in [-0.25, -0.2) is 4.68 Å². The van der Waals surface area contributed by atoms with Crippen LogP contribution in [0.25, 0.3) is 11.3 Å². The number of aromatic nitrogens is 3. The summed E-state index contributed by atoms with van der Waals surface area (Å²) in [5.41, 5.74) is 1.75. The summed E-state index contributed by atoms with van der Waals surface area (Å²) in [7, 11) is 0. The fourth-order valence-corrected chi connectivity index (χ4v) is 2.23. The molecule has 110 valence electrons. The first-order chi connectivity index (χ1) is 10.2. The van der Waals surface area contributed by atoms with Crippen LogP contribution in [0.4, 0.5) is 0 Å². The maximum Gasteiger partial charge on any atom is 0.303 e. The number of carbonyl (C=O) groups is 1. The first-order valence-corrected chi connectivity index (χ1v) is 6.74. The molecule has 1 aromatic carbocycles. The molecule has 7 heteroatoms. The Balaban J connectivity index is 1.80. The van der Waals surface area contributed by atoms with Crippen LogP contribution in [0, 0.1) is 0 Å². The summed E-state index contributed by atoms with van der Waals surface area (Å²) in [6.07, 6.45) is 2.28. The van der Waals surface area contributed by atoms with Crippen molar-refractivity contribution in [2.24, 2.45) is 0 Å². The summed E-state index contributed by atoms with van der Waals surface area (Å²) in [6.45, 7) is 1.60. The average molecular weight is 289 g/mol. The lowest BCUT2D eigenvalue weighted by molar-refractivity contribution is -0.137. The van der Waals surface area contributed by atoms with Gasteiger partial charge in [0.1, 0.15) is 13.2 Å². The van der Waals surface area contributed by atoms with Gasteiger partial charge in [-0.15, -0.1) is 5.10 Å². The fraction of sp³-hybridized carbons (Fsp3) is 0.357. The van der Waals surface area contributed by atoms with Crippen molar-refractivity contribution < 1.29 is 19.4 Å². The highest BCUT2D eigenvalue weighted by molar-refractivity contribution is 5.66. The van der Waals surface area contributed by atoms with Crippen LogP contribution in [0.2, 0.25) is 0 Å². The number of rotatable bonds is 5. The molecule has 3 rings (SSSR count). The Bertz CT molecular complexity index is 653. The largest absolute Gasteiger partial charge is 0.486 e. The second kappa shape index (κ2) is 5.82. The topological polar surface area (TPSA) is 86.5 Å². The van der Waals surface area contributed by atoms with E-state index < -0.39 is 5.97 Å². The molecule has 0 fully saturated rings. The summed E-state index contributed by atoms with van der Waals surface area (Å²) < 4.78 is 12.8. The van der Waals surface area contributed by atoms with Crippen molar-refractivity contribution >= 4 is 5.97 Å². The molecule has 0 amide bonds. The van der Waals surface area contributed by atoms with Crippen LogP contribution < -0.4 is 9.47 Å². The van der Waals surface area contributed by atoms with Crippen LogP contribution in [0.15, 0.2) is 24.4 Å². The number of ether oxygens (including phenoxy) is 2. The standard InChI is InChI=1S/C14H15N3O4/c18-14(19)2-1-5-17-11(9-15-16-17)10-3-4-12-13(8-10)21-7-6-20-12/h3-4,8-9H,1-2,5-7H2,(H,18,19). The minimum atomic E-state index is -0.809. The minimum Gasteiger partial charge on any atom is -0.486 e. The molecule has 0 unspecified atom stereocenters. The van der Waals surface area contributed by atoms with Crippen molar-refractivity contribution in [2.45, 2.75) is 19.4 Å². The zero-order chi connectivity index (χ0) is 14.7. The van der Waals surface area contributed by atoms with E-state index in [0.29, 0.717) is 31.9 Å². The number of hydrogen-bond acceptors (Lipinski definition) is 5. The molecule has 0 spiro atoms. The molecule has 21 heavy (non-hydrogen) atoms. The van der Waals surface area contributed by atoms with E-state index in [2.05, 4.69) is 10.3 Å². The van der Waals surface area contributed by atoms with Crippen LogP contribution in [0.1, 0.15) is 12.8 Å². The van der Waals surface area contributed by atoms with Crippen molar-refractivity contribution in [3.63, 3.8) is 0 Å². The summed E-state index contributed by atoms with van der Waals surface area (Å²) in [4.78, 5) is 10.6. The van der Waals surface area contributed by atoms with Gasteiger partial charge < -0.3 is 14.6 Å². The Hall–Kier alpha value is -2.57. The van der Waals surface area contributed by atoms with Crippen LogP contribution in [0.3, 0.4) is 0 Å². The molecule has 1 aromatic heterocycles. The van der Waals surface area contributed by atoms with E-state index >= 15 is 0 Å². The lowest BCUT2D eigenvalue weighted by Gasteiger charge is -2.18. The smallest absolute Gasteiger partial charge is 0.303 e. The van der Waals surface area contributed by atoms with E-state index in [1.807, 2.05) is 18.2 Å². The number of carboxylic acids is 1. The quantitative estimate of drug-likeness (QED) is 0.899. The highest BCUT2D eigenvalue weighted by Crippen LogP contribution is 2.34. The van der Waals surface area contributed by atoms with Crippen molar-refractivity contribution in [2.75, 3.05) is 13.2 Å². The van der Waals surface area contributed by atoms with Gasteiger partial charge in [-0.2, -0.15) is 0 Å². The normalized spacial score (nSPS) is 13.1. The number of aryl methyl sites for hydroxylation is 1. The van der Waals surface area contributed by atoms with Crippen molar-refractivity contribution in [1.82, 2.24) is 15.0 Å². The lowest BCUT2D eigenvalue weighted by Crippen LogP contribution is -2.15. The second-order valence-electron chi connectivity index (χ2n) is 4.70. The maximum absolute atomic E-state index is 10.6. The number of aliphatic carboxylic acids is 1. The molecule has 0 radical (unpaired) electrons. The van der Waals surface area contributed by atoms with Crippen LogP contribution >= 0.6 is 0 Å². The highest BCUT2D eigenvalue weighted by Gasteiger charge is 2.14. The van der Waals surface area contributed by atoms with E-state index in [1.54, 1.807) is 10.9 Å². The third kappa shape index (κ3) is 2.96. The molecule has 0 aliphatic carbocycles. The lowest BCUT2D eigenvalue weighted by atomic mass is 10.1. The van der Waals surface area contributed by atoms with E-state index in [-0.39, 0.29) is 6.42 Å². The third-order valence-corrected chi connectivity index (χ3v) is 3.22. The van der Waals surface area contributed by atoms with Crippen molar-refractivity contribution in [3.05, 3.63) is 24.4 Å². The first-order valence-electron chi connectivity index (χ1n) is 6.74.